The monoisotopic (exact) mass is 882 g/mol. The minimum Gasteiger partial charge on any atom is -0.387 e. The third-order valence-corrected chi connectivity index (χ3v) is 12.6. The lowest BCUT2D eigenvalue weighted by atomic mass is 10.0. The van der Waals surface area contributed by atoms with Crippen LogP contribution in [-0.4, -0.2) is 73.4 Å². The second kappa shape index (κ2) is 43.9. The van der Waals surface area contributed by atoms with Gasteiger partial charge < -0.3 is 19.8 Å². The van der Waals surface area contributed by atoms with E-state index in [4.69, 9.17) is 9.05 Å². The van der Waals surface area contributed by atoms with E-state index in [-0.39, 0.29) is 19.1 Å². The second-order valence-electron chi connectivity index (χ2n) is 18.9. The Bertz CT molecular complexity index is 1090. The number of nitrogens with zero attached hydrogens (tertiary/aromatic N) is 1. The fourth-order valence-electron chi connectivity index (χ4n) is 7.46. The highest BCUT2D eigenvalue weighted by atomic mass is 31.2. The topological polar surface area (TPSA) is 105 Å². The molecule has 0 radical (unpaired) electrons. The number of carbonyl (C=O) groups is 1. The number of hydrogen-bond donors (Lipinski definition) is 3. The largest absolute Gasteiger partial charge is 0.472 e. The smallest absolute Gasteiger partial charge is 0.387 e. The summed E-state index contributed by atoms with van der Waals surface area (Å²) in [6.07, 6.45) is 55.2. The Morgan fingerprint density at radius 1 is 0.541 bits per heavy atom. The third-order valence-electron chi connectivity index (χ3n) is 11.6. The Morgan fingerprint density at radius 3 is 1.31 bits per heavy atom. The van der Waals surface area contributed by atoms with Gasteiger partial charge in [0.05, 0.1) is 39.9 Å². The normalized spacial score (nSPS) is 14.4. The summed E-state index contributed by atoms with van der Waals surface area (Å²) >= 11 is 0. The van der Waals surface area contributed by atoms with Crippen LogP contribution in [0, 0.1) is 0 Å². The lowest BCUT2D eigenvalue weighted by Gasteiger charge is -2.25. The average molecular weight is 882 g/mol. The van der Waals surface area contributed by atoms with Gasteiger partial charge in [0.2, 0.25) is 5.91 Å². The van der Waals surface area contributed by atoms with E-state index >= 15 is 0 Å². The molecule has 0 aliphatic carbocycles. The fourth-order valence-corrected chi connectivity index (χ4v) is 8.20. The molecule has 1 amide bonds. The van der Waals surface area contributed by atoms with E-state index in [1.165, 1.54) is 167 Å². The number of unbranched alkanes of at least 4 members (excludes halogenated alkanes) is 30. The molecule has 0 aliphatic rings. The molecule has 9 heteroatoms. The highest BCUT2D eigenvalue weighted by Crippen LogP contribution is 2.43. The van der Waals surface area contributed by atoms with E-state index in [1.807, 2.05) is 27.2 Å². The van der Waals surface area contributed by atoms with Crippen molar-refractivity contribution in [2.75, 3.05) is 40.9 Å². The van der Waals surface area contributed by atoms with Gasteiger partial charge in [0.1, 0.15) is 13.2 Å². The first-order chi connectivity index (χ1) is 29.5. The predicted octanol–water partition coefficient (Wildman–Crippen LogP) is 15.0. The second-order valence-corrected chi connectivity index (χ2v) is 20.3. The summed E-state index contributed by atoms with van der Waals surface area (Å²) < 4.78 is 23.6. The number of quaternary nitrogens is 1. The molecule has 8 nitrogen and oxygen atoms in total. The van der Waals surface area contributed by atoms with Gasteiger partial charge in [-0.25, -0.2) is 4.57 Å². The van der Waals surface area contributed by atoms with E-state index in [0.717, 1.165) is 51.4 Å². The van der Waals surface area contributed by atoms with Crippen molar-refractivity contribution >= 4 is 13.7 Å². The van der Waals surface area contributed by atoms with Crippen molar-refractivity contribution < 1.29 is 32.9 Å². The van der Waals surface area contributed by atoms with Gasteiger partial charge in [0.25, 0.3) is 0 Å². The van der Waals surface area contributed by atoms with Crippen molar-refractivity contribution in [3.05, 3.63) is 36.5 Å². The summed E-state index contributed by atoms with van der Waals surface area (Å²) in [5, 5.41) is 13.9. The van der Waals surface area contributed by atoms with E-state index in [9.17, 15) is 19.4 Å². The van der Waals surface area contributed by atoms with Crippen LogP contribution in [-0.2, 0) is 18.4 Å². The zero-order valence-electron chi connectivity index (χ0n) is 40.9. The Balaban J connectivity index is 4.32. The number of aliphatic hydroxyl groups is 1. The third kappa shape index (κ3) is 46.5. The quantitative estimate of drug-likeness (QED) is 0.0243. The molecule has 0 saturated carbocycles. The number of phosphoric ester groups is 1. The maximum atomic E-state index is 12.9. The number of phosphoric acid groups is 1. The van der Waals surface area contributed by atoms with Crippen LogP contribution in [0.25, 0.3) is 0 Å². The molecule has 3 N–H and O–H groups in total. The SMILES string of the molecule is CCCCCCCC/C=C\CCCCCCCC(=O)NC(COP(=O)(O)OCC[N+](C)(C)C)C(O)/C=C/CC/C=C/CCCCCCCCCCCCCCCCCCCC. The van der Waals surface area contributed by atoms with Crippen molar-refractivity contribution in [1.82, 2.24) is 5.32 Å². The molecule has 0 aromatic rings. The molecule has 0 heterocycles. The maximum absolute atomic E-state index is 12.9. The molecular weight excluding hydrogens is 780 g/mol. The van der Waals surface area contributed by atoms with Crippen LogP contribution >= 0.6 is 7.82 Å². The highest BCUT2D eigenvalue weighted by Gasteiger charge is 2.27. The maximum Gasteiger partial charge on any atom is 0.472 e. The molecule has 0 aliphatic heterocycles. The molecule has 0 saturated heterocycles. The highest BCUT2D eigenvalue weighted by molar-refractivity contribution is 7.47. The van der Waals surface area contributed by atoms with Crippen LogP contribution in [0.3, 0.4) is 0 Å². The molecule has 360 valence electrons. The first-order valence-electron chi connectivity index (χ1n) is 25.9. The summed E-state index contributed by atoms with van der Waals surface area (Å²) in [4.78, 5) is 23.2. The van der Waals surface area contributed by atoms with Gasteiger partial charge in [0.15, 0.2) is 0 Å². The van der Waals surface area contributed by atoms with Crippen molar-refractivity contribution in [3.63, 3.8) is 0 Å². The molecule has 61 heavy (non-hydrogen) atoms. The molecular formula is C52H102N2O6P+. The van der Waals surface area contributed by atoms with Crippen molar-refractivity contribution in [2.24, 2.45) is 0 Å². The van der Waals surface area contributed by atoms with E-state index in [0.29, 0.717) is 17.4 Å². The van der Waals surface area contributed by atoms with Gasteiger partial charge >= 0.3 is 7.82 Å². The Kier molecular flexibility index (Phi) is 43.0. The minimum absolute atomic E-state index is 0.0549. The number of allylic oxidation sites excluding steroid dienone is 5. The summed E-state index contributed by atoms with van der Waals surface area (Å²) in [6.45, 7) is 4.80. The molecule has 0 aromatic heterocycles. The van der Waals surface area contributed by atoms with Crippen LogP contribution in [0.2, 0.25) is 0 Å². The number of amides is 1. The lowest BCUT2D eigenvalue weighted by Crippen LogP contribution is -2.45. The molecule has 0 aromatic carbocycles. The number of rotatable bonds is 47. The van der Waals surface area contributed by atoms with Gasteiger partial charge in [-0.15, -0.1) is 0 Å². The fraction of sp³-hybridized carbons (Fsp3) is 0.865. The Hall–Kier alpha value is -1.28. The number of likely N-dealkylation sites (N-methyl/N-ethyl adjacent to an activating group) is 1. The minimum atomic E-state index is -4.35. The summed E-state index contributed by atoms with van der Waals surface area (Å²) in [5.74, 6) is -0.195. The Labute approximate surface area is 378 Å². The van der Waals surface area contributed by atoms with E-state index in [2.05, 4.69) is 43.5 Å². The molecule has 0 bridgehead atoms. The molecule has 0 rings (SSSR count). The van der Waals surface area contributed by atoms with Crippen LogP contribution in [0.15, 0.2) is 36.5 Å². The number of aliphatic hydroxyl groups excluding tert-OH is 1. The van der Waals surface area contributed by atoms with Crippen molar-refractivity contribution in [2.45, 2.75) is 251 Å². The molecule has 3 unspecified atom stereocenters. The number of nitrogens with one attached hydrogen (secondary N) is 1. The predicted molar refractivity (Wildman–Crippen MR) is 263 cm³/mol. The first-order valence-corrected chi connectivity index (χ1v) is 27.4. The number of hydrogen-bond acceptors (Lipinski definition) is 5. The molecule has 3 atom stereocenters. The van der Waals surface area contributed by atoms with Crippen LogP contribution < -0.4 is 5.32 Å². The summed E-state index contributed by atoms with van der Waals surface area (Å²) in [5.41, 5.74) is 0. The van der Waals surface area contributed by atoms with Crippen LogP contribution in [0.5, 0.6) is 0 Å². The van der Waals surface area contributed by atoms with E-state index < -0.39 is 20.0 Å². The lowest BCUT2D eigenvalue weighted by molar-refractivity contribution is -0.870. The van der Waals surface area contributed by atoms with Gasteiger partial charge in [0, 0.05) is 6.42 Å². The van der Waals surface area contributed by atoms with Gasteiger partial charge in [-0.05, 0) is 57.8 Å². The Morgan fingerprint density at radius 2 is 0.902 bits per heavy atom. The summed E-state index contributed by atoms with van der Waals surface area (Å²) in [6, 6.07) is -0.866. The molecule has 0 spiro atoms. The van der Waals surface area contributed by atoms with Crippen LogP contribution in [0.4, 0.5) is 0 Å². The number of carbonyl (C=O) groups excluding carboxylic acids is 1. The van der Waals surface area contributed by atoms with Crippen molar-refractivity contribution in [3.8, 4) is 0 Å². The zero-order valence-corrected chi connectivity index (χ0v) is 41.8. The standard InChI is InChI=1S/C52H101N2O6P/c1-6-8-10-12-14-16-18-20-22-23-24-25-26-27-28-29-30-32-33-35-37-39-41-43-45-51(55)50(49-60-61(57,58)59-48-47-54(3,4)5)53-52(56)46-44-42-40-38-36-34-31-21-19-17-15-13-11-9-7-2/h21,31,35,37,43,45,50-51,55H,6-20,22-30,32-34,36,38-42,44,46-49H2,1-5H3,(H-,53,56,57,58)/p+1/b31-21-,37-35+,45-43+. The van der Waals surface area contributed by atoms with Crippen molar-refractivity contribution in [1.29, 1.82) is 0 Å². The van der Waals surface area contributed by atoms with Crippen LogP contribution in [0.1, 0.15) is 239 Å². The molecule has 0 fully saturated rings. The first kappa shape index (κ1) is 59.7. The van der Waals surface area contributed by atoms with Gasteiger partial charge in [-0.2, -0.15) is 0 Å². The average Bonchev–Trinajstić information content (AvgIpc) is 3.21. The zero-order chi connectivity index (χ0) is 45.0. The van der Waals surface area contributed by atoms with Gasteiger partial charge in [-0.1, -0.05) is 211 Å². The van der Waals surface area contributed by atoms with E-state index in [1.54, 1.807) is 6.08 Å². The summed E-state index contributed by atoms with van der Waals surface area (Å²) in [7, 11) is 1.55. The van der Waals surface area contributed by atoms with Gasteiger partial charge in [-0.3, -0.25) is 13.8 Å².